The minimum absolute atomic E-state index is 0.166. The first-order valence-corrected chi connectivity index (χ1v) is 8.84. The van der Waals surface area contributed by atoms with Crippen molar-refractivity contribution in [3.63, 3.8) is 0 Å². The summed E-state index contributed by atoms with van der Waals surface area (Å²) in [5, 5.41) is 0. The smallest absolute Gasteiger partial charge is 0.227 e. The summed E-state index contributed by atoms with van der Waals surface area (Å²) in [7, 11) is 0. The molecule has 3 aliphatic rings. The Bertz CT molecular complexity index is 597. The second-order valence-corrected chi connectivity index (χ2v) is 7.56. The van der Waals surface area contributed by atoms with E-state index in [9.17, 15) is 4.79 Å². The monoisotopic (exact) mass is 314 g/mol. The number of aryl methyl sites for hydroxylation is 1. The lowest BCUT2D eigenvalue weighted by atomic mass is 9.86. The van der Waals surface area contributed by atoms with Crippen LogP contribution in [0.3, 0.4) is 0 Å². The molecule has 1 aromatic carbocycles. The molecule has 1 amide bonds. The van der Waals surface area contributed by atoms with E-state index in [1.165, 1.54) is 5.56 Å². The molecule has 3 heterocycles. The Kier molecular flexibility index (Phi) is 3.90. The Labute approximate surface area is 138 Å². The third-order valence-electron chi connectivity index (χ3n) is 5.81. The average molecular weight is 314 g/mol. The van der Waals surface area contributed by atoms with Crippen LogP contribution in [0.4, 0.5) is 5.69 Å². The zero-order chi connectivity index (χ0) is 15.9. The number of likely N-dealkylation sites (tertiary alicyclic amines) is 1. The van der Waals surface area contributed by atoms with Gasteiger partial charge in [0.1, 0.15) is 0 Å². The Balaban J connectivity index is 1.47. The molecule has 0 radical (unpaired) electrons. The minimum atomic E-state index is 0.166. The van der Waals surface area contributed by atoms with Crippen LogP contribution in [0.25, 0.3) is 0 Å². The van der Waals surface area contributed by atoms with Crippen molar-refractivity contribution in [3.8, 4) is 0 Å². The quantitative estimate of drug-likeness (QED) is 0.841. The number of carbonyl (C=O) groups excluding carboxylic acids is 1. The molecule has 4 heteroatoms. The second-order valence-electron chi connectivity index (χ2n) is 7.56. The molecule has 3 aliphatic heterocycles. The van der Waals surface area contributed by atoms with Gasteiger partial charge in [-0.15, -0.1) is 0 Å². The second kappa shape index (κ2) is 5.91. The number of ether oxygens (including phenoxy) is 1. The van der Waals surface area contributed by atoms with Crippen LogP contribution in [-0.4, -0.2) is 49.7 Å². The maximum atomic E-state index is 12.6. The molecule has 0 bridgehead atoms. The van der Waals surface area contributed by atoms with Gasteiger partial charge >= 0.3 is 0 Å². The van der Waals surface area contributed by atoms with Crippen molar-refractivity contribution in [3.05, 3.63) is 29.8 Å². The fourth-order valence-electron chi connectivity index (χ4n) is 4.53. The van der Waals surface area contributed by atoms with Crippen molar-refractivity contribution in [1.82, 2.24) is 4.90 Å². The van der Waals surface area contributed by atoms with Gasteiger partial charge in [-0.1, -0.05) is 12.1 Å². The summed E-state index contributed by atoms with van der Waals surface area (Å²) in [5.74, 6) is 0.296. The van der Waals surface area contributed by atoms with Crippen molar-refractivity contribution in [1.29, 1.82) is 0 Å². The third-order valence-corrected chi connectivity index (χ3v) is 5.81. The molecule has 1 aromatic rings. The standard InChI is InChI=1S/C19H26N2O2/c1-15-3-2-4-17(11-15)21-14-19(12-18(21)22)7-8-20(13-19)16-5-9-23-10-6-16/h2-4,11,16H,5-10,12-14H2,1H3. The molecule has 4 rings (SSSR count). The van der Waals surface area contributed by atoms with Gasteiger partial charge in [0.15, 0.2) is 0 Å². The van der Waals surface area contributed by atoms with Gasteiger partial charge < -0.3 is 9.64 Å². The van der Waals surface area contributed by atoms with E-state index in [1.54, 1.807) is 0 Å². The zero-order valence-electron chi connectivity index (χ0n) is 14.0. The average Bonchev–Trinajstić information content (AvgIpc) is 3.12. The highest BCUT2D eigenvalue weighted by molar-refractivity contribution is 5.96. The van der Waals surface area contributed by atoms with Crippen LogP contribution in [-0.2, 0) is 9.53 Å². The van der Waals surface area contributed by atoms with Gasteiger partial charge in [0.2, 0.25) is 5.91 Å². The molecule has 0 aliphatic carbocycles. The lowest BCUT2D eigenvalue weighted by Gasteiger charge is -2.32. The van der Waals surface area contributed by atoms with E-state index in [0.717, 1.165) is 57.8 Å². The van der Waals surface area contributed by atoms with Gasteiger partial charge in [-0.3, -0.25) is 9.69 Å². The number of hydrogen-bond acceptors (Lipinski definition) is 3. The summed E-state index contributed by atoms with van der Waals surface area (Å²) in [4.78, 5) is 17.3. The fraction of sp³-hybridized carbons (Fsp3) is 0.632. The van der Waals surface area contributed by atoms with Crippen LogP contribution in [0.15, 0.2) is 24.3 Å². The maximum Gasteiger partial charge on any atom is 0.227 e. The van der Waals surface area contributed by atoms with Crippen LogP contribution >= 0.6 is 0 Å². The highest BCUT2D eigenvalue weighted by Crippen LogP contribution is 2.43. The van der Waals surface area contributed by atoms with Gasteiger partial charge in [0, 0.05) is 49.9 Å². The molecule has 4 nitrogen and oxygen atoms in total. The van der Waals surface area contributed by atoms with Crippen molar-refractivity contribution < 1.29 is 9.53 Å². The largest absolute Gasteiger partial charge is 0.381 e. The van der Waals surface area contributed by atoms with E-state index in [1.807, 2.05) is 11.0 Å². The molecule has 3 saturated heterocycles. The van der Waals surface area contributed by atoms with Gasteiger partial charge in [-0.05, 0) is 50.4 Å². The first-order chi connectivity index (χ1) is 11.2. The molecule has 1 unspecified atom stereocenters. The SMILES string of the molecule is Cc1cccc(N2CC3(CCN(C4CCOCC4)C3)CC2=O)c1. The first kappa shape index (κ1) is 15.2. The Morgan fingerprint density at radius 1 is 1.22 bits per heavy atom. The van der Waals surface area contributed by atoms with Crippen molar-refractivity contribution in [2.45, 2.75) is 38.6 Å². The van der Waals surface area contributed by atoms with Crippen LogP contribution in [0.5, 0.6) is 0 Å². The summed E-state index contributed by atoms with van der Waals surface area (Å²) in [6.45, 7) is 6.97. The van der Waals surface area contributed by atoms with Crippen LogP contribution in [0, 0.1) is 12.3 Å². The van der Waals surface area contributed by atoms with E-state index in [2.05, 4.69) is 30.0 Å². The normalized spacial score (nSPS) is 29.8. The Morgan fingerprint density at radius 3 is 2.83 bits per heavy atom. The lowest BCUT2D eigenvalue weighted by Crippen LogP contribution is -2.40. The van der Waals surface area contributed by atoms with Crippen molar-refractivity contribution in [2.24, 2.45) is 5.41 Å². The third kappa shape index (κ3) is 2.90. The van der Waals surface area contributed by atoms with Crippen molar-refractivity contribution >= 4 is 11.6 Å². The summed E-state index contributed by atoms with van der Waals surface area (Å²) in [6, 6.07) is 8.98. The number of amides is 1. The molecular formula is C19H26N2O2. The summed E-state index contributed by atoms with van der Waals surface area (Å²) >= 11 is 0. The number of rotatable bonds is 2. The van der Waals surface area contributed by atoms with Crippen LogP contribution in [0.2, 0.25) is 0 Å². The van der Waals surface area contributed by atoms with E-state index in [-0.39, 0.29) is 5.41 Å². The maximum absolute atomic E-state index is 12.6. The van der Waals surface area contributed by atoms with E-state index < -0.39 is 0 Å². The molecule has 1 atom stereocenters. The minimum Gasteiger partial charge on any atom is -0.381 e. The lowest BCUT2D eigenvalue weighted by molar-refractivity contribution is -0.117. The topological polar surface area (TPSA) is 32.8 Å². The molecule has 3 fully saturated rings. The molecule has 1 spiro atoms. The number of carbonyl (C=O) groups is 1. The predicted octanol–water partition coefficient (Wildman–Crippen LogP) is 2.60. The Morgan fingerprint density at radius 2 is 2.04 bits per heavy atom. The number of benzene rings is 1. The first-order valence-electron chi connectivity index (χ1n) is 8.84. The fourth-order valence-corrected chi connectivity index (χ4v) is 4.53. The van der Waals surface area contributed by atoms with Crippen LogP contribution < -0.4 is 4.90 Å². The van der Waals surface area contributed by atoms with Gasteiger partial charge in [-0.25, -0.2) is 0 Å². The number of nitrogens with zero attached hydrogens (tertiary/aromatic N) is 2. The van der Waals surface area contributed by atoms with Crippen LogP contribution in [0.1, 0.15) is 31.2 Å². The zero-order valence-corrected chi connectivity index (χ0v) is 14.0. The summed E-state index contributed by atoms with van der Waals surface area (Å²) < 4.78 is 5.49. The molecular weight excluding hydrogens is 288 g/mol. The van der Waals surface area contributed by atoms with E-state index >= 15 is 0 Å². The highest BCUT2D eigenvalue weighted by atomic mass is 16.5. The molecule has 0 aromatic heterocycles. The van der Waals surface area contributed by atoms with Gasteiger partial charge in [-0.2, -0.15) is 0 Å². The van der Waals surface area contributed by atoms with Crippen molar-refractivity contribution in [2.75, 3.05) is 37.7 Å². The summed E-state index contributed by atoms with van der Waals surface area (Å²) in [5.41, 5.74) is 2.45. The summed E-state index contributed by atoms with van der Waals surface area (Å²) in [6.07, 6.45) is 4.15. The van der Waals surface area contributed by atoms with E-state index in [4.69, 9.17) is 4.74 Å². The molecule has 23 heavy (non-hydrogen) atoms. The van der Waals surface area contributed by atoms with Gasteiger partial charge in [0.25, 0.3) is 0 Å². The van der Waals surface area contributed by atoms with E-state index in [0.29, 0.717) is 18.4 Å². The highest BCUT2D eigenvalue weighted by Gasteiger charge is 2.48. The number of anilines is 1. The van der Waals surface area contributed by atoms with Gasteiger partial charge in [0.05, 0.1) is 0 Å². The Hall–Kier alpha value is -1.39. The molecule has 0 saturated carbocycles. The predicted molar refractivity (Wildman–Crippen MR) is 90.6 cm³/mol. The molecule has 0 N–H and O–H groups in total. The number of hydrogen-bond donors (Lipinski definition) is 0. The molecule has 124 valence electrons.